The lowest BCUT2D eigenvalue weighted by atomic mass is 9.72. The lowest BCUT2D eigenvalue weighted by Gasteiger charge is -2.48. The minimum absolute atomic E-state index is 0.0105. The molecule has 1 N–H and O–H groups in total. The van der Waals surface area contributed by atoms with E-state index in [4.69, 9.17) is 4.74 Å². The molecule has 0 aromatic heterocycles. The molecule has 1 aliphatic carbocycles. The quantitative estimate of drug-likeness (QED) is 0.795. The summed E-state index contributed by atoms with van der Waals surface area (Å²) < 4.78 is 5.42. The molecule has 0 aromatic rings. The lowest BCUT2D eigenvalue weighted by molar-refractivity contribution is -0.0629. The Hall–Kier alpha value is -0.120. The summed E-state index contributed by atoms with van der Waals surface area (Å²) in [4.78, 5) is 2.26. The van der Waals surface area contributed by atoms with Crippen molar-refractivity contribution in [3.8, 4) is 0 Å². The maximum absolute atomic E-state index is 10.7. The SMILES string of the molecule is CN(C)C1(C(O)C2CCOC2)CCCCC1. The van der Waals surface area contributed by atoms with Gasteiger partial charge in [-0.3, -0.25) is 0 Å². The van der Waals surface area contributed by atoms with E-state index in [0.29, 0.717) is 5.92 Å². The first-order chi connectivity index (χ1) is 7.67. The van der Waals surface area contributed by atoms with Gasteiger partial charge in [0.2, 0.25) is 0 Å². The Balaban J connectivity index is 2.10. The number of hydrogen-bond acceptors (Lipinski definition) is 3. The van der Waals surface area contributed by atoms with Crippen LogP contribution in [0.3, 0.4) is 0 Å². The van der Waals surface area contributed by atoms with Gasteiger partial charge in [0.15, 0.2) is 0 Å². The van der Waals surface area contributed by atoms with Gasteiger partial charge < -0.3 is 14.7 Å². The molecule has 2 aliphatic rings. The Morgan fingerprint density at radius 2 is 1.94 bits per heavy atom. The van der Waals surface area contributed by atoms with Crippen molar-refractivity contribution in [3.63, 3.8) is 0 Å². The van der Waals surface area contributed by atoms with Crippen molar-refractivity contribution in [2.45, 2.75) is 50.2 Å². The van der Waals surface area contributed by atoms with Crippen LogP contribution in [0.2, 0.25) is 0 Å². The van der Waals surface area contributed by atoms with Crippen molar-refractivity contribution in [2.24, 2.45) is 5.92 Å². The molecule has 0 radical (unpaired) electrons. The van der Waals surface area contributed by atoms with E-state index in [0.717, 1.165) is 32.5 Å². The zero-order valence-electron chi connectivity index (χ0n) is 10.6. The van der Waals surface area contributed by atoms with Crippen LogP contribution >= 0.6 is 0 Å². The number of nitrogens with zero attached hydrogens (tertiary/aromatic N) is 1. The number of likely N-dealkylation sites (N-methyl/N-ethyl adjacent to an activating group) is 1. The molecule has 1 heterocycles. The molecule has 0 amide bonds. The van der Waals surface area contributed by atoms with E-state index in [-0.39, 0.29) is 11.6 Å². The maximum atomic E-state index is 10.7. The predicted octanol–water partition coefficient (Wildman–Crippen LogP) is 1.65. The van der Waals surface area contributed by atoms with Gasteiger partial charge in [-0.25, -0.2) is 0 Å². The molecule has 3 heteroatoms. The van der Waals surface area contributed by atoms with E-state index >= 15 is 0 Å². The molecule has 3 nitrogen and oxygen atoms in total. The van der Waals surface area contributed by atoms with Gasteiger partial charge in [0.1, 0.15) is 0 Å². The molecule has 0 aromatic carbocycles. The highest BCUT2D eigenvalue weighted by molar-refractivity contribution is 4.99. The summed E-state index contributed by atoms with van der Waals surface area (Å²) in [7, 11) is 4.23. The summed E-state index contributed by atoms with van der Waals surface area (Å²) >= 11 is 0. The van der Waals surface area contributed by atoms with Gasteiger partial charge in [-0.1, -0.05) is 19.3 Å². The second kappa shape index (κ2) is 5.03. The third-order valence-corrected chi connectivity index (χ3v) is 4.57. The van der Waals surface area contributed by atoms with Crippen molar-refractivity contribution in [3.05, 3.63) is 0 Å². The normalized spacial score (nSPS) is 31.9. The first kappa shape index (κ1) is 12.3. The van der Waals surface area contributed by atoms with Crippen LogP contribution in [0.25, 0.3) is 0 Å². The van der Waals surface area contributed by atoms with Gasteiger partial charge in [-0.15, -0.1) is 0 Å². The fourth-order valence-electron chi connectivity index (χ4n) is 3.41. The van der Waals surface area contributed by atoms with Crippen LogP contribution in [0.1, 0.15) is 38.5 Å². The molecule has 2 rings (SSSR count). The summed E-state index contributed by atoms with van der Waals surface area (Å²) in [6, 6.07) is 0. The first-order valence-electron chi connectivity index (χ1n) is 6.60. The number of aliphatic hydroxyl groups is 1. The van der Waals surface area contributed by atoms with E-state index in [1.54, 1.807) is 0 Å². The van der Waals surface area contributed by atoms with Crippen molar-refractivity contribution in [1.29, 1.82) is 0 Å². The zero-order valence-corrected chi connectivity index (χ0v) is 10.6. The van der Waals surface area contributed by atoms with Crippen molar-refractivity contribution in [1.82, 2.24) is 4.90 Å². The van der Waals surface area contributed by atoms with Gasteiger partial charge in [-0.05, 0) is 33.4 Å². The molecule has 2 unspecified atom stereocenters. The van der Waals surface area contributed by atoms with Crippen molar-refractivity contribution < 1.29 is 9.84 Å². The molecular formula is C13H25NO2. The first-order valence-corrected chi connectivity index (χ1v) is 6.60. The largest absolute Gasteiger partial charge is 0.391 e. The molecule has 1 aliphatic heterocycles. The molecular weight excluding hydrogens is 202 g/mol. The van der Waals surface area contributed by atoms with Crippen LogP contribution in [-0.4, -0.2) is 49.0 Å². The van der Waals surface area contributed by atoms with Crippen molar-refractivity contribution in [2.75, 3.05) is 27.3 Å². The van der Waals surface area contributed by atoms with Gasteiger partial charge in [0.05, 0.1) is 12.7 Å². The van der Waals surface area contributed by atoms with Gasteiger partial charge in [0.25, 0.3) is 0 Å². The number of hydrogen-bond donors (Lipinski definition) is 1. The van der Waals surface area contributed by atoms with Crippen molar-refractivity contribution >= 4 is 0 Å². The Morgan fingerprint density at radius 3 is 2.44 bits per heavy atom. The van der Waals surface area contributed by atoms with E-state index in [1.165, 1.54) is 19.3 Å². The fraction of sp³-hybridized carbons (Fsp3) is 1.00. The average Bonchev–Trinajstić information content (AvgIpc) is 2.82. The summed E-state index contributed by atoms with van der Waals surface area (Å²) in [5.41, 5.74) is 0.0105. The van der Waals surface area contributed by atoms with E-state index in [2.05, 4.69) is 19.0 Å². The Kier molecular flexibility index (Phi) is 3.88. The van der Waals surface area contributed by atoms with E-state index < -0.39 is 0 Å². The van der Waals surface area contributed by atoms with Crippen LogP contribution in [-0.2, 0) is 4.74 Å². The molecule has 0 spiro atoms. The summed E-state index contributed by atoms with van der Waals surface area (Å²) in [6.07, 6.45) is 6.91. The van der Waals surface area contributed by atoms with Gasteiger partial charge >= 0.3 is 0 Å². The highest BCUT2D eigenvalue weighted by atomic mass is 16.5. The van der Waals surface area contributed by atoms with Gasteiger partial charge in [-0.2, -0.15) is 0 Å². The minimum atomic E-state index is -0.217. The van der Waals surface area contributed by atoms with Crippen LogP contribution in [0, 0.1) is 5.92 Å². The number of ether oxygens (including phenoxy) is 1. The molecule has 2 fully saturated rings. The summed E-state index contributed by atoms with van der Waals surface area (Å²) in [5, 5.41) is 10.7. The maximum Gasteiger partial charge on any atom is 0.0774 e. The molecule has 16 heavy (non-hydrogen) atoms. The second-order valence-corrected chi connectivity index (χ2v) is 5.63. The molecule has 1 saturated carbocycles. The predicted molar refractivity (Wildman–Crippen MR) is 64.4 cm³/mol. The average molecular weight is 227 g/mol. The monoisotopic (exact) mass is 227 g/mol. The Bertz CT molecular complexity index is 218. The number of rotatable bonds is 3. The molecule has 1 saturated heterocycles. The van der Waals surface area contributed by atoms with E-state index in [9.17, 15) is 5.11 Å². The Labute approximate surface area is 98.8 Å². The molecule has 0 bridgehead atoms. The van der Waals surface area contributed by atoms with Gasteiger partial charge in [0, 0.05) is 18.1 Å². The summed E-state index contributed by atoms with van der Waals surface area (Å²) in [5.74, 6) is 0.348. The molecule has 94 valence electrons. The van der Waals surface area contributed by atoms with Crippen LogP contribution < -0.4 is 0 Å². The summed E-state index contributed by atoms with van der Waals surface area (Å²) in [6.45, 7) is 1.57. The zero-order chi connectivity index (χ0) is 11.6. The number of aliphatic hydroxyl groups excluding tert-OH is 1. The fourth-order valence-corrected chi connectivity index (χ4v) is 3.41. The highest BCUT2D eigenvalue weighted by Gasteiger charge is 2.45. The lowest BCUT2D eigenvalue weighted by Crippen LogP contribution is -2.57. The highest BCUT2D eigenvalue weighted by Crippen LogP contribution is 2.39. The Morgan fingerprint density at radius 1 is 1.25 bits per heavy atom. The van der Waals surface area contributed by atoms with E-state index in [1.807, 2.05) is 0 Å². The molecule has 2 atom stereocenters. The minimum Gasteiger partial charge on any atom is -0.391 e. The van der Waals surface area contributed by atoms with Crippen LogP contribution in [0.4, 0.5) is 0 Å². The standard InChI is InChI=1S/C13H25NO2/c1-14(2)13(7-4-3-5-8-13)12(15)11-6-9-16-10-11/h11-12,15H,3-10H2,1-2H3. The third kappa shape index (κ3) is 2.13. The second-order valence-electron chi connectivity index (χ2n) is 5.63. The topological polar surface area (TPSA) is 32.7 Å². The van der Waals surface area contributed by atoms with Crippen LogP contribution in [0.15, 0.2) is 0 Å². The third-order valence-electron chi connectivity index (χ3n) is 4.57. The smallest absolute Gasteiger partial charge is 0.0774 e. The van der Waals surface area contributed by atoms with Crippen LogP contribution in [0.5, 0.6) is 0 Å².